The summed E-state index contributed by atoms with van der Waals surface area (Å²) < 4.78 is 70.4. The van der Waals surface area contributed by atoms with Gasteiger partial charge >= 0.3 is 5.97 Å². The fourth-order valence-corrected chi connectivity index (χ4v) is 19.1. The lowest BCUT2D eigenvalue weighted by atomic mass is 9.33. The minimum Gasteiger partial charge on any atom is -0.460 e. The molecule has 8 aliphatic rings. The largest absolute Gasteiger partial charge is 0.460 e. The molecule has 0 N–H and O–H groups in total. The molecule has 382 valence electrons. The van der Waals surface area contributed by atoms with Crippen LogP contribution in [0.25, 0.3) is 0 Å². The molecular formula is C56H82FN3O7S2. The second-order valence-electron chi connectivity index (χ2n) is 24.7. The van der Waals surface area contributed by atoms with E-state index in [9.17, 15) is 30.8 Å². The quantitative estimate of drug-likeness (QED) is 0.177. The van der Waals surface area contributed by atoms with Gasteiger partial charge < -0.3 is 14.5 Å². The number of sulfone groups is 2. The molecule has 0 spiro atoms. The predicted octanol–water partition coefficient (Wildman–Crippen LogP) is 8.83. The lowest BCUT2D eigenvalue weighted by Gasteiger charge is -2.72. The highest BCUT2D eigenvalue weighted by Crippen LogP contribution is 2.76. The number of alkyl halides is 1. The number of hydrogen-bond donors (Lipinski definition) is 0. The first-order valence-corrected chi connectivity index (χ1v) is 30.2. The van der Waals surface area contributed by atoms with E-state index in [-0.39, 0.29) is 63.1 Å². The standard InChI is InChI=1S/C56H82FN3O7S2/c1-40(2)48-45(61)37-56(60(27-25-58-29-33-68(63,64)34-30-58)28-26-59-31-35-69(65,66)36-32-59)24-23-53(6)44(49(48)56)13-14-47-52(5)19-17-43(51(3,4)46(52)18-20-54(47,53)7)42-15-21-55(39-57,22-16-42)50(62)67-38-41-11-9-8-10-12-41/h8-12,15,17,40,44,46-47H,13-14,16,18-39H2,1-7H3/t44-,46+,47-,52+,53-,54-,55+,56-/m1/s1. The lowest BCUT2D eigenvalue weighted by molar-refractivity contribution is -0.200. The number of carbonyl (C=O) groups excluding carboxylic acids is 2. The van der Waals surface area contributed by atoms with Gasteiger partial charge in [-0.15, -0.1) is 0 Å². The number of Topliss-reactive ketones (excluding diaryl/α,β-unsaturated/α-hetero) is 1. The van der Waals surface area contributed by atoms with Gasteiger partial charge in [0.2, 0.25) is 0 Å². The molecule has 9 rings (SSSR count). The average Bonchev–Trinajstić information content (AvgIpc) is 3.62. The summed E-state index contributed by atoms with van der Waals surface area (Å²) in [6.45, 7) is 21.6. The number of nitrogens with zero attached hydrogens (tertiary/aromatic N) is 3. The monoisotopic (exact) mass is 992 g/mol. The maximum atomic E-state index is 14.9. The Balaban J connectivity index is 0.980. The van der Waals surface area contributed by atoms with Crippen molar-refractivity contribution in [2.45, 2.75) is 131 Å². The number of allylic oxidation sites excluding steroid dienone is 5. The maximum Gasteiger partial charge on any atom is 0.315 e. The van der Waals surface area contributed by atoms with Gasteiger partial charge in [-0.1, -0.05) is 91.0 Å². The lowest BCUT2D eigenvalue weighted by Crippen LogP contribution is -2.66. The Kier molecular flexibility index (Phi) is 13.8. The third-order valence-electron chi connectivity index (χ3n) is 20.7. The predicted molar refractivity (Wildman–Crippen MR) is 272 cm³/mol. The first-order valence-electron chi connectivity index (χ1n) is 26.6. The van der Waals surface area contributed by atoms with E-state index in [1.54, 1.807) is 0 Å². The van der Waals surface area contributed by atoms with E-state index in [1.165, 1.54) is 16.7 Å². The van der Waals surface area contributed by atoms with Crippen LogP contribution in [-0.4, -0.2) is 131 Å². The molecule has 0 unspecified atom stereocenters. The van der Waals surface area contributed by atoms with Gasteiger partial charge in [0.15, 0.2) is 25.5 Å². The first kappa shape index (κ1) is 51.2. The molecule has 1 aromatic carbocycles. The summed E-state index contributed by atoms with van der Waals surface area (Å²) >= 11 is 0. The van der Waals surface area contributed by atoms with E-state index >= 15 is 0 Å². The van der Waals surface area contributed by atoms with Crippen LogP contribution in [0.4, 0.5) is 4.39 Å². The third kappa shape index (κ3) is 8.91. The minimum absolute atomic E-state index is 0.0214. The number of esters is 1. The van der Waals surface area contributed by atoms with Gasteiger partial charge in [-0.05, 0) is 137 Å². The Morgan fingerprint density at radius 3 is 1.97 bits per heavy atom. The number of rotatable bonds is 13. The smallest absolute Gasteiger partial charge is 0.315 e. The molecular weight excluding hydrogens is 910 g/mol. The topological polar surface area (TPSA) is 121 Å². The number of ketones is 1. The Morgan fingerprint density at radius 2 is 1.41 bits per heavy atom. The van der Waals surface area contributed by atoms with Gasteiger partial charge in [0.25, 0.3) is 0 Å². The molecule has 1 aromatic rings. The Labute approximate surface area is 414 Å². The van der Waals surface area contributed by atoms with Crippen molar-refractivity contribution in [3.8, 4) is 0 Å². The van der Waals surface area contributed by atoms with Crippen LogP contribution >= 0.6 is 0 Å². The van der Waals surface area contributed by atoms with Crippen LogP contribution in [0.1, 0.15) is 125 Å². The molecule has 69 heavy (non-hydrogen) atoms. The Hall–Kier alpha value is -2.71. The summed E-state index contributed by atoms with van der Waals surface area (Å²) in [6.07, 6.45) is 14.0. The fourth-order valence-electron chi connectivity index (χ4n) is 16.5. The van der Waals surface area contributed by atoms with Crippen molar-refractivity contribution in [2.24, 2.45) is 50.7 Å². The molecule has 2 saturated heterocycles. The molecule has 0 amide bonds. The van der Waals surface area contributed by atoms with E-state index in [0.29, 0.717) is 69.5 Å². The van der Waals surface area contributed by atoms with Crippen LogP contribution in [0, 0.1) is 50.7 Å². The number of fused-ring (bicyclic) bond motifs is 7. The third-order valence-corrected chi connectivity index (χ3v) is 23.9. The number of benzene rings is 1. The average molecular weight is 992 g/mol. The van der Waals surface area contributed by atoms with Gasteiger partial charge in [0.1, 0.15) is 13.3 Å². The zero-order chi connectivity index (χ0) is 49.4. The maximum absolute atomic E-state index is 14.9. The Morgan fingerprint density at radius 1 is 0.783 bits per heavy atom. The van der Waals surface area contributed by atoms with Crippen LogP contribution < -0.4 is 0 Å². The summed E-state index contributed by atoms with van der Waals surface area (Å²) in [5.74, 6) is 1.91. The van der Waals surface area contributed by atoms with E-state index < -0.39 is 43.3 Å². The van der Waals surface area contributed by atoms with Gasteiger partial charge in [0.05, 0.1) is 34.0 Å². The molecule has 2 aliphatic heterocycles. The van der Waals surface area contributed by atoms with Crippen molar-refractivity contribution >= 4 is 31.4 Å². The van der Waals surface area contributed by atoms with E-state index in [1.807, 2.05) is 30.3 Å². The van der Waals surface area contributed by atoms with Crippen LogP contribution in [0.3, 0.4) is 0 Å². The molecule has 0 bridgehead atoms. The van der Waals surface area contributed by atoms with Crippen molar-refractivity contribution in [1.29, 1.82) is 0 Å². The normalized spacial score (nSPS) is 37.6. The molecule has 3 saturated carbocycles. The van der Waals surface area contributed by atoms with Gasteiger partial charge in [0, 0.05) is 58.8 Å². The summed E-state index contributed by atoms with van der Waals surface area (Å²) in [6, 6.07) is 9.59. The second-order valence-corrected chi connectivity index (χ2v) is 29.3. The molecule has 2 heterocycles. The summed E-state index contributed by atoms with van der Waals surface area (Å²) in [5, 5.41) is 0. The zero-order valence-electron chi connectivity index (χ0n) is 42.9. The van der Waals surface area contributed by atoms with E-state index in [0.717, 1.165) is 82.3 Å². The Bertz CT molecular complexity index is 2410. The second kappa shape index (κ2) is 18.6. The number of hydrogen-bond acceptors (Lipinski definition) is 10. The summed E-state index contributed by atoms with van der Waals surface area (Å²) in [7, 11) is -6.04. The molecule has 13 heteroatoms. The van der Waals surface area contributed by atoms with Crippen molar-refractivity contribution in [2.75, 3.05) is 82.0 Å². The number of ether oxygens (including phenoxy) is 1. The van der Waals surface area contributed by atoms with E-state index in [2.05, 4.69) is 75.3 Å². The van der Waals surface area contributed by atoms with Crippen LogP contribution in [0.2, 0.25) is 0 Å². The van der Waals surface area contributed by atoms with Crippen LogP contribution in [0.5, 0.6) is 0 Å². The number of carbonyl (C=O) groups is 2. The molecule has 8 atom stereocenters. The fraction of sp³-hybridized carbons (Fsp3) is 0.750. The molecule has 6 aliphatic carbocycles. The molecule has 0 aromatic heterocycles. The highest BCUT2D eigenvalue weighted by molar-refractivity contribution is 7.91. The van der Waals surface area contributed by atoms with Crippen molar-refractivity contribution in [3.05, 3.63) is 70.3 Å². The van der Waals surface area contributed by atoms with Gasteiger partial charge in [-0.2, -0.15) is 0 Å². The summed E-state index contributed by atoms with van der Waals surface area (Å²) in [5.41, 5.74) is 4.45. The molecule has 10 nitrogen and oxygen atoms in total. The van der Waals surface area contributed by atoms with Gasteiger partial charge in [-0.3, -0.25) is 14.5 Å². The summed E-state index contributed by atoms with van der Waals surface area (Å²) in [4.78, 5) is 35.4. The number of halogens is 1. The van der Waals surface area contributed by atoms with Crippen molar-refractivity contribution < 1.29 is 35.6 Å². The van der Waals surface area contributed by atoms with Crippen LogP contribution in [0.15, 0.2) is 64.8 Å². The molecule has 5 fully saturated rings. The van der Waals surface area contributed by atoms with E-state index in [4.69, 9.17) is 4.74 Å². The SMILES string of the molecule is CC(C)C1=C2[C@H]3CC[C@@H]4[C@@]5(C)CC=C(C6=CC[C@](CF)(C(=O)OCc7ccccc7)CC6)C(C)(C)[C@@H]5CC[C@@]4(C)[C@]3(C)CC[C@@]2(N(CCN2CCS(=O)(=O)CC2)CCN2CCS(=O)(=O)CC2)CC1=O. The first-order chi connectivity index (χ1) is 32.5. The van der Waals surface area contributed by atoms with Crippen LogP contribution in [-0.2, 0) is 40.6 Å². The highest BCUT2D eigenvalue weighted by Gasteiger charge is 2.70. The molecule has 0 radical (unpaired) electrons. The minimum atomic E-state index is -3.02. The van der Waals surface area contributed by atoms with Gasteiger partial charge in [-0.25, -0.2) is 21.2 Å². The van der Waals surface area contributed by atoms with Crippen molar-refractivity contribution in [1.82, 2.24) is 14.7 Å². The highest BCUT2D eigenvalue weighted by atomic mass is 32.2. The zero-order valence-corrected chi connectivity index (χ0v) is 44.6. The van der Waals surface area contributed by atoms with Crippen molar-refractivity contribution in [3.63, 3.8) is 0 Å².